The van der Waals surface area contributed by atoms with Crippen LogP contribution in [0.15, 0.2) is 0 Å². The zero-order valence-corrected chi connectivity index (χ0v) is 14.3. The fraction of sp³-hybridized carbons (Fsp3) is 0.923. The highest BCUT2D eigenvalue weighted by Gasteiger charge is 2.25. The first-order valence-corrected chi connectivity index (χ1v) is 8.90. The molecule has 0 aromatic carbocycles. The van der Waals surface area contributed by atoms with E-state index in [9.17, 15) is 19.4 Å². The molecule has 0 rings (SSSR count). The Morgan fingerprint density at radius 3 is 2.41 bits per heavy atom. The first-order chi connectivity index (χ1) is 10.2. The Morgan fingerprint density at radius 2 is 1.91 bits per heavy atom. The zero-order chi connectivity index (χ0) is 17.2. The maximum absolute atomic E-state index is 11.4. The summed E-state index contributed by atoms with van der Waals surface area (Å²) >= 11 is 0. The van der Waals surface area contributed by atoms with Crippen molar-refractivity contribution in [3.05, 3.63) is 0 Å². The van der Waals surface area contributed by atoms with Crippen molar-refractivity contribution < 1.29 is 33.5 Å². The molecule has 0 aliphatic rings. The normalized spacial score (nSPS) is 17.0. The third-order valence-electron chi connectivity index (χ3n) is 2.88. The van der Waals surface area contributed by atoms with Crippen LogP contribution in [-0.4, -0.2) is 47.1 Å². The van der Waals surface area contributed by atoms with Crippen LogP contribution in [0.1, 0.15) is 40.0 Å². The maximum Gasteiger partial charge on any atom is 0.474 e. The number of rotatable bonds is 12. The van der Waals surface area contributed by atoms with Gasteiger partial charge in [-0.3, -0.25) is 13.8 Å². The predicted molar refractivity (Wildman–Crippen MR) is 80.8 cm³/mol. The van der Waals surface area contributed by atoms with Gasteiger partial charge in [-0.1, -0.05) is 20.3 Å². The van der Waals surface area contributed by atoms with Gasteiger partial charge in [0, 0.05) is 25.0 Å². The Morgan fingerprint density at radius 1 is 1.27 bits per heavy atom. The molecule has 22 heavy (non-hydrogen) atoms. The third-order valence-corrected chi connectivity index (χ3v) is 3.93. The van der Waals surface area contributed by atoms with Crippen LogP contribution in [0, 0.1) is 11.8 Å². The van der Waals surface area contributed by atoms with Gasteiger partial charge in [-0.15, -0.1) is 0 Å². The molecule has 8 nitrogen and oxygen atoms in total. The number of hydrogen-bond donors (Lipinski definition) is 4. The number of aliphatic hydroxyl groups is 2. The Labute approximate surface area is 131 Å². The van der Waals surface area contributed by atoms with E-state index in [1.165, 1.54) is 6.92 Å². The lowest BCUT2D eigenvalue weighted by Crippen LogP contribution is -2.28. The third kappa shape index (κ3) is 11.1. The molecule has 0 fully saturated rings. The van der Waals surface area contributed by atoms with Crippen molar-refractivity contribution in [2.45, 2.75) is 46.3 Å². The predicted octanol–water partition coefficient (Wildman–Crippen LogP) is 1.01. The quantitative estimate of drug-likeness (QED) is 0.237. The van der Waals surface area contributed by atoms with E-state index in [-0.39, 0.29) is 31.0 Å². The van der Waals surface area contributed by atoms with Crippen LogP contribution in [0.25, 0.3) is 0 Å². The Bertz CT molecular complexity index is 362. The molecule has 0 radical (unpaired) electrons. The minimum Gasteiger partial charge on any atom is -0.396 e. The van der Waals surface area contributed by atoms with Gasteiger partial charge in [0.1, 0.15) is 0 Å². The number of phosphoric acid groups is 1. The van der Waals surface area contributed by atoms with Gasteiger partial charge in [0.2, 0.25) is 5.91 Å². The van der Waals surface area contributed by atoms with Crippen LogP contribution in [0.2, 0.25) is 0 Å². The molecule has 3 unspecified atom stereocenters. The van der Waals surface area contributed by atoms with Crippen molar-refractivity contribution in [3.8, 4) is 0 Å². The molecule has 132 valence electrons. The molecule has 4 N–H and O–H groups in total. The van der Waals surface area contributed by atoms with E-state index in [0.717, 1.165) is 12.8 Å². The number of aliphatic hydroxyl groups excluding tert-OH is 2. The summed E-state index contributed by atoms with van der Waals surface area (Å²) in [6.45, 7) is 5.05. The molecule has 0 heterocycles. The lowest BCUT2D eigenvalue weighted by atomic mass is 10.0. The first-order valence-electron chi connectivity index (χ1n) is 7.40. The molecule has 9 heteroatoms. The van der Waals surface area contributed by atoms with Gasteiger partial charge in [-0.05, 0) is 19.8 Å². The highest BCUT2D eigenvalue weighted by atomic mass is 31.2. The summed E-state index contributed by atoms with van der Waals surface area (Å²) in [4.78, 5) is 20.6. The van der Waals surface area contributed by atoms with Gasteiger partial charge in [-0.25, -0.2) is 4.57 Å². The average molecular weight is 341 g/mol. The molecule has 0 saturated carbocycles. The second kappa shape index (κ2) is 11.1. The molecule has 0 aromatic rings. The second-order valence-electron chi connectivity index (χ2n) is 5.46. The van der Waals surface area contributed by atoms with E-state index >= 15 is 0 Å². The minimum atomic E-state index is -4.30. The Hall–Kier alpha value is -0.500. The van der Waals surface area contributed by atoms with Gasteiger partial charge < -0.3 is 20.4 Å². The summed E-state index contributed by atoms with van der Waals surface area (Å²) in [7, 11) is -4.30. The topological polar surface area (TPSA) is 125 Å². The molecule has 0 aliphatic carbocycles. The van der Waals surface area contributed by atoms with Crippen LogP contribution in [0.4, 0.5) is 0 Å². The summed E-state index contributed by atoms with van der Waals surface area (Å²) in [5.74, 6) is -0.358. The van der Waals surface area contributed by atoms with Crippen LogP contribution in [-0.2, 0) is 18.4 Å². The highest BCUT2D eigenvalue weighted by molar-refractivity contribution is 7.47. The van der Waals surface area contributed by atoms with E-state index in [4.69, 9.17) is 9.63 Å². The van der Waals surface area contributed by atoms with Crippen molar-refractivity contribution in [1.29, 1.82) is 0 Å². The minimum absolute atomic E-state index is 0.00136. The summed E-state index contributed by atoms with van der Waals surface area (Å²) < 4.78 is 20.4. The second-order valence-corrected chi connectivity index (χ2v) is 6.87. The molecule has 0 saturated heterocycles. The lowest BCUT2D eigenvalue weighted by Gasteiger charge is -2.18. The van der Waals surface area contributed by atoms with Gasteiger partial charge in [0.05, 0.1) is 6.61 Å². The highest BCUT2D eigenvalue weighted by Crippen LogP contribution is 2.44. The zero-order valence-electron chi connectivity index (χ0n) is 13.4. The van der Waals surface area contributed by atoms with Crippen molar-refractivity contribution in [2.24, 2.45) is 11.8 Å². The molecule has 0 aromatic heterocycles. The molecule has 0 spiro atoms. The standard InChI is InChI=1S/C13H28NO7P/c1-10(2)13(17)14-7-5-4-6-12(8-15)9-20-22(18,19)21-11(3)16/h10-12,15-16H,4-9H2,1-3H3,(H,14,17)(H,18,19). The van der Waals surface area contributed by atoms with Crippen LogP contribution in [0.5, 0.6) is 0 Å². The van der Waals surface area contributed by atoms with Crippen LogP contribution < -0.4 is 5.32 Å². The van der Waals surface area contributed by atoms with E-state index < -0.39 is 14.1 Å². The molecular formula is C13H28NO7P. The number of phosphoric ester groups is 1. The van der Waals surface area contributed by atoms with E-state index in [1.54, 1.807) is 0 Å². The number of carbonyl (C=O) groups excluding carboxylic acids is 1. The number of hydrogen-bond acceptors (Lipinski definition) is 6. The van der Waals surface area contributed by atoms with Gasteiger partial charge in [-0.2, -0.15) is 0 Å². The number of unbranched alkanes of at least 4 members (excludes halogenated alkanes) is 1. The average Bonchev–Trinajstić information content (AvgIpc) is 2.39. The SMILES string of the molecule is CC(O)OP(=O)(O)OCC(CO)CCCCNC(=O)C(C)C. The lowest BCUT2D eigenvalue weighted by molar-refractivity contribution is -0.124. The Kier molecular flexibility index (Phi) is 10.8. The van der Waals surface area contributed by atoms with E-state index in [0.29, 0.717) is 13.0 Å². The van der Waals surface area contributed by atoms with Crippen molar-refractivity contribution in [3.63, 3.8) is 0 Å². The monoisotopic (exact) mass is 341 g/mol. The number of carbonyl (C=O) groups is 1. The number of nitrogens with one attached hydrogen (secondary N) is 1. The summed E-state index contributed by atoms with van der Waals surface area (Å²) in [5.41, 5.74) is 0. The van der Waals surface area contributed by atoms with Gasteiger partial charge in [0.25, 0.3) is 0 Å². The van der Waals surface area contributed by atoms with Gasteiger partial charge in [0.15, 0.2) is 6.29 Å². The molecule has 3 atom stereocenters. The van der Waals surface area contributed by atoms with Crippen molar-refractivity contribution in [1.82, 2.24) is 5.32 Å². The van der Waals surface area contributed by atoms with Crippen LogP contribution >= 0.6 is 7.82 Å². The fourth-order valence-corrected chi connectivity index (χ4v) is 2.47. The fourth-order valence-electron chi connectivity index (χ4n) is 1.62. The Balaban J connectivity index is 3.89. The number of amides is 1. The molecular weight excluding hydrogens is 313 g/mol. The summed E-state index contributed by atoms with van der Waals surface area (Å²) in [6.07, 6.45) is 0.659. The molecule has 0 aliphatic heterocycles. The summed E-state index contributed by atoms with van der Waals surface area (Å²) in [5, 5.41) is 20.9. The van der Waals surface area contributed by atoms with Crippen LogP contribution in [0.3, 0.4) is 0 Å². The van der Waals surface area contributed by atoms with Crippen molar-refractivity contribution in [2.75, 3.05) is 19.8 Å². The maximum atomic E-state index is 11.4. The summed E-state index contributed by atoms with van der Waals surface area (Å²) in [6, 6.07) is 0. The molecule has 0 bridgehead atoms. The first kappa shape index (κ1) is 21.5. The van der Waals surface area contributed by atoms with E-state index in [2.05, 4.69) is 9.84 Å². The largest absolute Gasteiger partial charge is 0.474 e. The molecule has 1 amide bonds. The smallest absolute Gasteiger partial charge is 0.396 e. The van der Waals surface area contributed by atoms with E-state index in [1.807, 2.05) is 13.8 Å². The van der Waals surface area contributed by atoms with Gasteiger partial charge >= 0.3 is 7.82 Å². The van der Waals surface area contributed by atoms with Crippen molar-refractivity contribution >= 4 is 13.7 Å².